The molecule has 15 heavy (non-hydrogen) atoms. The molecule has 0 saturated carbocycles. The van der Waals surface area contributed by atoms with Crippen LogP contribution in [0.15, 0.2) is 43.0 Å². The van der Waals surface area contributed by atoms with Crippen LogP contribution in [0, 0.1) is 0 Å². The van der Waals surface area contributed by atoms with Crippen LogP contribution in [-0.4, -0.2) is 0 Å². The molecule has 0 heterocycles. The molecule has 0 spiro atoms. The minimum absolute atomic E-state index is 0.596. The van der Waals surface area contributed by atoms with Crippen molar-refractivity contribution >= 4 is 5.57 Å². The van der Waals surface area contributed by atoms with E-state index in [9.17, 15) is 0 Å². The summed E-state index contributed by atoms with van der Waals surface area (Å²) in [6.07, 6.45) is 5.28. The van der Waals surface area contributed by atoms with Gasteiger partial charge in [-0.25, -0.2) is 0 Å². The van der Waals surface area contributed by atoms with Gasteiger partial charge in [0, 0.05) is 0 Å². The van der Waals surface area contributed by atoms with Crippen molar-refractivity contribution in [3.05, 3.63) is 54.1 Å². The first kappa shape index (κ1) is 11.8. The third-order valence-electron chi connectivity index (χ3n) is 2.50. The number of hydrogen-bond acceptors (Lipinski definition) is 0. The Kier molecular flexibility index (Phi) is 4.36. The lowest BCUT2D eigenvalue weighted by Gasteiger charge is -2.06. The molecule has 1 aromatic rings. The molecule has 0 amide bonds. The van der Waals surface area contributed by atoms with Gasteiger partial charge in [-0.15, -0.1) is 0 Å². The van der Waals surface area contributed by atoms with E-state index >= 15 is 0 Å². The van der Waals surface area contributed by atoms with Gasteiger partial charge in [0.05, 0.1) is 0 Å². The van der Waals surface area contributed by atoms with Crippen LogP contribution in [0.1, 0.15) is 44.2 Å². The molecule has 1 aromatic carbocycles. The van der Waals surface area contributed by atoms with Crippen molar-refractivity contribution in [2.45, 2.75) is 33.1 Å². The Morgan fingerprint density at radius 3 is 2.33 bits per heavy atom. The van der Waals surface area contributed by atoms with Gasteiger partial charge in [0.1, 0.15) is 0 Å². The second kappa shape index (κ2) is 5.55. The van der Waals surface area contributed by atoms with Crippen molar-refractivity contribution in [3.63, 3.8) is 0 Å². The van der Waals surface area contributed by atoms with Gasteiger partial charge in [-0.05, 0) is 29.0 Å². The zero-order valence-corrected chi connectivity index (χ0v) is 9.96. The molecule has 0 atom stereocenters. The molecule has 0 fully saturated rings. The van der Waals surface area contributed by atoms with Crippen LogP contribution in [0.4, 0.5) is 0 Å². The molecular weight excluding hydrogens is 180 g/mol. The quantitative estimate of drug-likeness (QED) is 0.613. The lowest BCUT2D eigenvalue weighted by molar-refractivity contribution is 0.866. The number of hydrogen-bond donors (Lipinski definition) is 0. The van der Waals surface area contributed by atoms with Crippen molar-refractivity contribution < 1.29 is 0 Å². The molecule has 0 radical (unpaired) electrons. The van der Waals surface area contributed by atoms with E-state index in [4.69, 9.17) is 0 Å². The van der Waals surface area contributed by atoms with Crippen LogP contribution in [-0.2, 0) is 0 Å². The van der Waals surface area contributed by atoms with Gasteiger partial charge in [0.25, 0.3) is 0 Å². The average Bonchev–Trinajstić information content (AvgIpc) is 2.26. The van der Waals surface area contributed by atoms with Crippen LogP contribution in [0.25, 0.3) is 5.57 Å². The summed E-state index contributed by atoms with van der Waals surface area (Å²) in [7, 11) is 0. The lowest BCUT2D eigenvalue weighted by atomic mass is 9.99. The smallest absolute Gasteiger partial charge is 0.0190 e. The van der Waals surface area contributed by atoms with E-state index in [1.807, 2.05) is 0 Å². The summed E-state index contributed by atoms with van der Waals surface area (Å²) < 4.78 is 0. The van der Waals surface area contributed by atoms with E-state index in [0.29, 0.717) is 5.92 Å². The Morgan fingerprint density at radius 2 is 1.87 bits per heavy atom. The topological polar surface area (TPSA) is 0 Å². The monoisotopic (exact) mass is 200 g/mol. The number of benzene rings is 1. The maximum Gasteiger partial charge on any atom is -0.0190 e. The van der Waals surface area contributed by atoms with Crippen molar-refractivity contribution in [3.8, 4) is 0 Å². The van der Waals surface area contributed by atoms with Gasteiger partial charge in [0.2, 0.25) is 0 Å². The molecule has 1 rings (SSSR count). The van der Waals surface area contributed by atoms with Crippen LogP contribution in [0.2, 0.25) is 0 Å². The highest BCUT2D eigenvalue weighted by Crippen LogP contribution is 2.19. The summed E-state index contributed by atoms with van der Waals surface area (Å²) in [6, 6.07) is 8.67. The summed E-state index contributed by atoms with van der Waals surface area (Å²) in [6.45, 7) is 10.6. The predicted molar refractivity (Wildman–Crippen MR) is 69.0 cm³/mol. The van der Waals surface area contributed by atoms with Crippen molar-refractivity contribution in [2.24, 2.45) is 0 Å². The molecule has 0 nitrogen and oxygen atoms in total. The summed E-state index contributed by atoms with van der Waals surface area (Å²) in [5, 5.41) is 0. The highest BCUT2D eigenvalue weighted by Gasteiger charge is 1.99. The Hall–Kier alpha value is -1.30. The standard InChI is InChI=1S/C15H20/c1-5-6-7-13(4)15-10-8-14(9-11-15)12(2)3/h6-12H,4-5H2,1-3H3/b7-6-. The third-order valence-corrected chi connectivity index (χ3v) is 2.50. The van der Waals surface area contributed by atoms with E-state index in [-0.39, 0.29) is 0 Å². The Bertz CT molecular complexity index is 339. The van der Waals surface area contributed by atoms with Crippen molar-refractivity contribution in [2.75, 3.05) is 0 Å². The molecule has 0 aliphatic rings. The Labute approximate surface area is 93.3 Å². The molecule has 0 aromatic heterocycles. The van der Waals surface area contributed by atoms with Gasteiger partial charge in [-0.2, -0.15) is 0 Å². The fourth-order valence-corrected chi connectivity index (χ4v) is 1.44. The zero-order chi connectivity index (χ0) is 11.3. The SMILES string of the molecule is C=C(/C=C\CC)c1ccc(C(C)C)cc1. The van der Waals surface area contributed by atoms with Crippen LogP contribution in [0.3, 0.4) is 0 Å². The highest BCUT2D eigenvalue weighted by atomic mass is 14.0. The minimum atomic E-state index is 0.596. The molecule has 0 bridgehead atoms. The number of allylic oxidation sites excluding steroid dienone is 3. The fraction of sp³-hybridized carbons (Fsp3) is 0.333. The summed E-state index contributed by atoms with van der Waals surface area (Å²) in [5.41, 5.74) is 3.68. The van der Waals surface area contributed by atoms with Gasteiger partial charge in [-0.1, -0.05) is 63.8 Å². The average molecular weight is 200 g/mol. The third kappa shape index (κ3) is 3.39. The summed E-state index contributed by atoms with van der Waals surface area (Å²) in [4.78, 5) is 0. The molecule has 0 heteroatoms. The van der Waals surface area contributed by atoms with Crippen LogP contribution < -0.4 is 0 Å². The second-order valence-electron chi connectivity index (χ2n) is 4.11. The molecule has 0 saturated heterocycles. The van der Waals surface area contributed by atoms with Gasteiger partial charge in [-0.3, -0.25) is 0 Å². The normalized spacial score (nSPS) is 11.2. The van der Waals surface area contributed by atoms with E-state index in [1.54, 1.807) is 0 Å². The Morgan fingerprint density at radius 1 is 1.27 bits per heavy atom. The first-order valence-electron chi connectivity index (χ1n) is 5.61. The van der Waals surface area contributed by atoms with Crippen LogP contribution in [0.5, 0.6) is 0 Å². The summed E-state index contributed by atoms with van der Waals surface area (Å²) >= 11 is 0. The highest BCUT2D eigenvalue weighted by molar-refractivity contribution is 5.71. The lowest BCUT2D eigenvalue weighted by Crippen LogP contribution is -1.87. The van der Waals surface area contributed by atoms with E-state index in [0.717, 1.165) is 12.0 Å². The largest absolute Gasteiger partial charge is 0.0912 e. The number of rotatable bonds is 4. The van der Waals surface area contributed by atoms with Gasteiger partial charge in [0.15, 0.2) is 0 Å². The van der Waals surface area contributed by atoms with Gasteiger partial charge >= 0.3 is 0 Å². The van der Waals surface area contributed by atoms with Crippen LogP contribution >= 0.6 is 0 Å². The predicted octanol–water partition coefficient (Wildman–Crippen LogP) is 4.79. The van der Waals surface area contributed by atoms with Crippen molar-refractivity contribution in [1.82, 2.24) is 0 Å². The van der Waals surface area contributed by atoms with E-state index in [1.165, 1.54) is 11.1 Å². The fourth-order valence-electron chi connectivity index (χ4n) is 1.44. The zero-order valence-electron chi connectivity index (χ0n) is 9.96. The van der Waals surface area contributed by atoms with Crippen molar-refractivity contribution in [1.29, 1.82) is 0 Å². The molecule has 80 valence electrons. The van der Waals surface area contributed by atoms with Gasteiger partial charge < -0.3 is 0 Å². The Balaban J connectivity index is 2.80. The first-order chi connectivity index (χ1) is 7.15. The molecular formula is C15H20. The van der Waals surface area contributed by atoms with E-state index in [2.05, 4.69) is 63.8 Å². The molecule has 0 aliphatic heterocycles. The van der Waals surface area contributed by atoms with E-state index < -0.39 is 0 Å². The minimum Gasteiger partial charge on any atom is -0.0912 e. The maximum absolute atomic E-state index is 4.05. The molecule has 0 N–H and O–H groups in total. The maximum atomic E-state index is 4.05. The molecule has 0 aliphatic carbocycles. The second-order valence-corrected chi connectivity index (χ2v) is 4.11. The summed E-state index contributed by atoms with van der Waals surface area (Å²) in [5.74, 6) is 0.596. The molecule has 0 unspecified atom stereocenters. The first-order valence-corrected chi connectivity index (χ1v) is 5.61.